The van der Waals surface area contributed by atoms with E-state index in [1.54, 1.807) is 59.4 Å². The third-order valence-electron chi connectivity index (χ3n) is 5.99. The number of nitrogens with zero attached hydrogens (tertiary/aromatic N) is 4. The van der Waals surface area contributed by atoms with Crippen LogP contribution in [0.25, 0.3) is 11.3 Å². The van der Waals surface area contributed by atoms with Gasteiger partial charge >= 0.3 is 0 Å². The van der Waals surface area contributed by atoms with Gasteiger partial charge in [-0.2, -0.15) is 4.31 Å². The van der Waals surface area contributed by atoms with Crippen molar-refractivity contribution >= 4 is 33.2 Å². The maximum Gasteiger partial charge on any atom is 0.243 e. The summed E-state index contributed by atoms with van der Waals surface area (Å²) in [4.78, 5) is 0.258. The van der Waals surface area contributed by atoms with Crippen LogP contribution in [0.1, 0.15) is 18.0 Å². The molecule has 7 nitrogen and oxygen atoms in total. The lowest BCUT2D eigenvalue weighted by molar-refractivity contribution is 0.307. The Morgan fingerprint density at radius 3 is 2.61 bits per heavy atom. The third-order valence-corrected chi connectivity index (χ3v) is 8.61. The van der Waals surface area contributed by atoms with Crippen LogP contribution in [-0.2, 0) is 16.6 Å². The lowest BCUT2D eigenvalue weighted by Crippen LogP contribution is -2.29. The molecule has 0 radical (unpaired) electrons. The third kappa shape index (κ3) is 5.10. The minimum absolute atomic E-state index is 0.193. The molecule has 0 saturated carbocycles. The highest BCUT2D eigenvalue weighted by Crippen LogP contribution is 2.33. The normalized spacial score (nSPS) is 16.4. The van der Waals surface area contributed by atoms with E-state index in [0.29, 0.717) is 40.0 Å². The van der Waals surface area contributed by atoms with Crippen molar-refractivity contribution in [3.63, 3.8) is 0 Å². The van der Waals surface area contributed by atoms with Crippen LogP contribution in [0.2, 0.25) is 10.0 Å². The molecular formula is C25H21Cl2FN4O3S. The van der Waals surface area contributed by atoms with E-state index >= 15 is 0 Å². The van der Waals surface area contributed by atoms with Crippen molar-refractivity contribution in [2.45, 2.75) is 24.0 Å². The molecule has 0 spiro atoms. The van der Waals surface area contributed by atoms with Gasteiger partial charge in [-0.3, -0.25) is 0 Å². The Bertz CT molecular complexity index is 1500. The Kier molecular flexibility index (Phi) is 6.98. The average molecular weight is 547 g/mol. The number of hydrogen-bond acceptors (Lipinski definition) is 5. The Morgan fingerprint density at radius 2 is 1.83 bits per heavy atom. The Labute approximate surface area is 218 Å². The molecule has 4 aromatic rings. The van der Waals surface area contributed by atoms with Gasteiger partial charge in [0, 0.05) is 18.7 Å². The van der Waals surface area contributed by atoms with E-state index in [4.69, 9.17) is 27.9 Å². The summed E-state index contributed by atoms with van der Waals surface area (Å²) in [7, 11) is -3.59. The van der Waals surface area contributed by atoms with Gasteiger partial charge in [-0.1, -0.05) is 52.7 Å². The lowest BCUT2D eigenvalue weighted by Gasteiger charge is -2.16. The summed E-state index contributed by atoms with van der Waals surface area (Å²) in [5.41, 5.74) is 1.66. The molecule has 5 rings (SSSR count). The van der Waals surface area contributed by atoms with E-state index in [9.17, 15) is 12.8 Å². The molecule has 0 amide bonds. The van der Waals surface area contributed by atoms with Crippen molar-refractivity contribution in [2.75, 3.05) is 13.1 Å². The van der Waals surface area contributed by atoms with E-state index in [1.165, 1.54) is 22.5 Å². The predicted molar refractivity (Wildman–Crippen MR) is 135 cm³/mol. The van der Waals surface area contributed by atoms with Crippen LogP contribution in [0.5, 0.6) is 5.75 Å². The molecule has 186 valence electrons. The van der Waals surface area contributed by atoms with Gasteiger partial charge in [0.1, 0.15) is 23.9 Å². The van der Waals surface area contributed by atoms with Gasteiger partial charge in [0.2, 0.25) is 10.0 Å². The number of hydrogen-bond donors (Lipinski definition) is 0. The molecule has 1 aliphatic rings. The first-order valence-corrected chi connectivity index (χ1v) is 13.3. The number of halogens is 3. The molecule has 1 aromatic heterocycles. The van der Waals surface area contributed by atoms with Crippen molar-refractivity contribution in [2.24, 2.45) is 0 Å². The largest absolute Gasteiger partial charge is 0.488 e. The van der Waals surface area contributed by atoms with E-state index in [-0.39, 0.29) is 24.1 Å². The highest BCUT2D eigenvalue weighted by molar-refractivity contribution is 7.89. The van der Waals surface area contributed by atoms with Crippen LogP contribution in [0.4, 0.5) is 4.39 Å². The van der Waals surface area contributed by atoms with Crippen molar-refractivity contribution < 1.29 is 17.5 Å². The van der Waals surface area contributed by atoms with Crippen LogP contribution >= 0.6 is 23.2 Å². The lowest BCUT2D eigenvalue weighted by atomic mass is 10.1. The van der Waals surface area contributed by atoms with E-state index < -0.39 is 15.8 Å². The summed E-state index contributed by atoms with van der Waals surface area (Å²) in [6.07, 6.45) is 2.27. The topological polar surface area (TPSA) is 77.3 Å². The van der Waals surface area contributed by atoms with E-state index in [1.807, 2.05) is 0 Å². The van der Waals surface area contributed by atoms with E-state index in [0.717, 1.165) is 5.56 Å². The van der Waals surface area contributed by atoms with Crippen LogP contribution in [-0.4, -0.2) is 40.8 Å². The van der Waals surface area contributed by atoms with E-state index in [2.05, 4.69) is 10.3 Å². The van der Waals surface area contributed by atoms with Crippen LogP contribution < -0.4 is 4.74 Å². The molecule has 2 heterocycles. The summed E-state index contributed by atoms with van der Waals surface area (Å²) in [5.74, 6) is -0.0170. The highest BCUT2D eigenvalue weighted by atomic mass is 35.5. The Morgan fingerprint density at radius 1 is 1.03 bits per heavy atom. The molecule has 0 bridgehead atoms. The molecule has 1 aliphatic heterocycles. The average Bonchev–Trinajstić information content (AvgIpc) is 3.56. The van der Waals surface area contributed by atoms with Crippen LogP contribution in [0.15, 0.2) is 77.8 Å². The summed E-state index contributed by atoms with van der Waals surface area (Å²) in [6, 6.07) is 17.5. The molecular weight excluding hydrogens is 526 g/mol. The summed E-state index contributed by atoms with van der Waals surface area (Å²) < 4.78 is 49.1. The first-order chi connectivity index (χ1) is 17.3. The second kappa shape index (κ2) is 10.2. The molecule has 11 heteroatoms. The maximum absolute atomic E-state index is 14.1. The maximum atomic E-state index is 14.1. The second-order valence-corrected chi connectivity index (χ2v) is 11.1. The molecule has 0 aliphatic carbocycles. The molecule has 1 atom stereocenters. The number of benzene rings is 3. The van der Waals surface area contributed by atoms with Gasteiger partial charge in [0.15, 0.2) is 0 Å². The smallest absolute Gasteiger partial charge is 0.243 e. The fourth-order valence-electron chi connectivity index (χ4n) is 4.08. The standard InChI is InChI=1S/C25H21Cl2FN4O3S/c26-22-8-6-17(12-23(22)27)16-35-25-9-7-18(28)13-21(25)24-15-32(30-29-24)19-10-11-31(14-19)36(33,34)20-4-2-1-3-5-20/h1-9,12-13,15,19H,10-11,14,16H2. The summed E-state index contributed by atoms with van der Waals surface area (Å²) in [6.45, 7) is 0.831. The first-order valence-electron chi connectivity index (χ1n) is 11.1. The minimum atomic E-state index is -3.59. The van der Waals surface area contributed by atoms with Gasteiger partial charge in [0.05, 0.1) is 27.2 Å². The van der Waals surface area contributed by atoms with Crippen LogP contribution in [0, 0.1) is 5.82 Å². The summed E-state index contributed by atoms with van der Waals surface area (Å²) in [5, 5.41) is 9.29. The fraction of sp³-hybridized carbons (Fsp3) is 0.200. The van der Waals surface area contributed by atoms with Crippen molar-refractivity contribution in [3.8, 4) is 17.0 Å². The van der Waals surface area contributed by atoms with Crippen molar-refractivity contribution in [1.29, 1.82) is 0 Å². The zero-order chi connectivity index (χ0) is 25.3. The highest BCUT2D eigenvalue weighted by Gasteiger charge is 2.34. The molecule has 1 fully saturated rings. The quantitative estimate of drug-likeness (QED) is 0.301. The number of ether oxygens (including phenoxy) is 1. The molecule has 0 N–H and O–H groups in total. The Balaban J connectivity index is 1.33. The fourth-order valence-corrected chi connectivity index (χ4v) is 5.92. The van der Waals surface area contributed by atoms with Crippen molar-refractivity contribution in [1.82, 2.24) is 19.3 Å². The monoisotopic (exact) mass is 546 g/mol. The predicted octanol–water partition coefficient (Wildman–Crippen LogP) is 5.61. The summed E-state index contributed by atoms with van der Waals surface area (Å²) >= 11 is 12.1. The van der Waals surface area contributed by atoms with Gasteiger partial charge < -0.3 is 4.74 Å². The number of sulfonamides is 1. The zero-order valence-electron chi connectivity index (χ0n) is 18.9. The molecule has 36 heavy (non-hydrogen) atoms. The van der Waals surface area contributed by atoms with Crippen LogP contribution in [0.3, 0.4) is 0 Å². The molecule has 3 aromatic carbocycles. The SMILES string of the molecule is O=S(=O)(c1ccccc1)N1CCC(n2cc(-c3cc(F)ccc3OCc3ccc(Cl)c(Cl)c3)nn2)C1. The van der Waals surface area contributed by atoms with Crippen molar-refractivity contribution in [3.05, 3.63) is 94.4 Å². The van der Waals surface area contributed by atoms with Gasteiger partial charge in [-0.05, 0) is 54.4 Å². The molecule has 1 saturated heterocycles. The first kappa shape index (κ1) is 24.7. The molecule has 1 unspecified atom stereocenters. The number of rotatable bonds is 7. The second-order valence-electron chi connectivity index (χ2n) is 8.38. The zero-order valence-corrected chi connectivity index (χ0v) is 21.2. The minimum Gasteiger partial charge on any atom is -0.488 e. The number of aromatic nitrogens is 3. The van der Waals surface area contributed by atoms with Gasteiger partial charge in [-0.15, -0.1) is 5.10 Å². The Hall–Kier alpha value is -2.98. The van der Waals surface area contributed by atoms with Gasteiger partial charge in [0.25, 0.3) is 0 Å². The van der Waals surface area contributed by atoms with Gasteiger partial charge in [-0.25, -0.2) is 17.5 Å².